The van der Waals surface area contributed by atoms with Crippen LogP contribution in [0.25, 0.3) is 0 Å². The number of aliphatic hydroxyl groups excluding tert-OH is 2. The summed E-state index contributed by atoms with van der Waals surface area (Å²) < 4.78 is 11.0. The number of esters is 1. The fourth-order valence-corrected chi connectivity index (χ4v) is 5.51. The van der Waals surface area contributed by atoms with E-state index in [1.807, 2.05) is 13.8 Å². The van der Waals surface area contributed by atoms with E-state index in [4.69, 9.17) is 9.15 Å². The average Bonchev–Trinajstić information content (AvgIpc) is 2.77. The van der Waals surface area contributed by atoms with Gasteiger partial charge >= 0.3 is 11.6 Å². The van der Waals surface area contributed by atoms with Crippen LogP contribution in [0.15, 0.2) is 15.3 Å². The zero-order valence-corrected chi connectivity index (χ0v) is 14.0. The number of carbonyl (C=O) groups excluding carboxylic acids is 1. The van der Waals surface area contributed by atoms with Crippen LogP contribution >= 0.6 is 0 Å². The van der Waals surface area contributed by atoms with Crippen LogP contribution in [-0.2, 0) is 27.8 Å². The van der Waals surface area contributed by atoms with Crippen LogP contribution in [0.5, 0.6) is 0 Å². The smallest absolute Gasteiger partial charge is 0.336 e. The first-order valence-corrected chi connectivity index (χ1v) is 8.47. The molecule has 2 N–H and O–H groups in total. The van der Waals surface area contributed by atoms with Crippen molar-refractivity contribution < 1.29 is 24.2 Å². The molecule has 6 nitrogen and oxygen atoms in total. The van der Waals surface area contributed by atoms with Gasteiger partial charge in [0.1, 0.15) is 11.9 Å². The highest BCUT2D eigenvalue weighted by molar-refractivity contribution is 5.81. The van der Waals surface area contributed by atoms with Gasteiger partial charge in [-0.2, -0.15) is 0 Å². The Labute approximate surface area is 139 Å². The summed E-state index contributed by atoms with van der Waals surface area (Å²) in [4.78, 5) is 24.6. The molecule has 2 heterocycles. The van der Waals surface area contributed by atoms with Gasteiger partial charge in [-0.15, -0.1) is 0 Å². The first-order chi connectivity index (χ1) is 11.2. The van der Waals surface area contributed by atoms with E-state index in [0.29, 0.717) is 24.2 Å². The number of aryl methyl sites for hydroxylation is 1. The average molecular weight is 334 g/mol. The molecule has 1 aromatic rings. The highest BCUT2D eigenvalue weighted by Gasteiger charge is 2.69. The first kappa shape index (κ1) is 15.8. The number of aliphatic hydroxyl groups is 2. The standard InChI is InChI=1S/C18H22O6/c1-4-11-8-5-12-14-17(2,16(22)24-12)7-10(19)15(21)18(14,3)9(8)6-13(20)23-11/h6,10,12,14-15,19,21H,4-5,7H2,1-3H3/t10-,12-,14+,15-,17+,18-/m1/s1. The Morgan fingerprint density at radius 1 is 1.29 bits per heavy atom. The van der Waals surface area contributed by atoms with Gasteiger partial charge in [0.2, 0.25) is 0 Å². The molecule has 0 spiro atoms. The summed E-state index contributed by atoms with van der Waals surface area (Å²) in [7, 11) is 0. The summed E-state index contributed by atoms with van der Waals surface area (Å²) in [6.07, 6.45) is -1.31. The second-order valence-corrected chi connectivity index (χ2v) is 7.78. The summed E-state index contributed by atoms with van der Waals surface area (Å²) in [5.41, 5.74) is -0.752. The number of fused-ring (bicyclic) bond motifs is 2. The van der Waals surface area contributed by atoms with Crippen molar-refractivity contribution in [2.24, 2.45) is 11.3 Å². The normalized spacial score (nSPS) is 43.1. The van der Waals surface area contributed by atoms with E-state index in [2.05, 4.69) is 0 Å². The van der Waals surface area contributed by atoms with Crippen LogP contribution in [0.3, 0.4) is 0 Å². The van der Waals surface area contributed by atoms with E-state index >= 15 is 0 Å². The second-order valence-electron chi connectivity index (χ2n) is 7.78. The van der Waals surface area contributed by atoms with Crippen molar-refractivity contribution in [2.75, 3.05) is 0 Å². The SMILES string of the molecule is CCc1oc(=O)cc2c1C[C@H]1OC(=O)[C@@]3(C)C[C@@H](O)[C@@H](O)[C@@]2(C)[C@@H]13. The van der Waals surface area contributed by atoms with Crippen molar-refractivity contribution in [3.63, 3.8) is 0 Å². The Balaban J connectivity index is 2.03. The van der Waals surface area contributed by atoms with Crippen LogP contribution < -0.4 is 5.63 Å². The fraction of sp³-hybridized carbons (Fsp3) is 0.667. The van der Waals surface area contributed by atoms with Crippen molar-refractivity contribution in [1.29, 1.82) is 0 Å². The van der Waals surface area contributed by atoms with Crippen LogP contribution in [0.2, 0.25) is 0 Å². The van der Waals surface area contributed by atoms with Crippen LogP contribution in [0.4, 0.5) is 0 Å². The van der Waals surface area contributed by atoms with Gasteiger partial charge in [-0.1, -0.05) is 13.8 Å². The van der Waals surface area contributed by atoms with E-state index in [1.165, 1.54) is 6.07 Å². The molecule has 6 heteroatoms. The summed E-state index contributed by atoms with van der Waals surface area (Å²) in [6.45, 7) is 5.52. The molecule has 0 amide bonds. The number of hydrogen-bond acceptors (Lipinski definition) is 6. The lowest BCUT2D eigenvalue weighted by molar-refractivity contribution is -0.155. The molecule has 1 aliphatic heterocycles. The Morgan fingerprint density at radius 3 is 2.67 bits per heavy atom. The third-order valence-electron chi connectivity index (χ3n) is 6.50. The summed E-state index contributed by atoms with van der Waals surface area (Å²) in [5, 5.41) is 21.3. The molecule has 6 atom stereocenters. The predicted octanol–water partition coefficient (Wildman–Crippen LogP) is 0.689. The summed E-state index contributed by atoms with van der Waals surface area (Å²) in [6, 6.07) is 1.41. The van der Waals surface area contributed by atoms with E-state index in [-0.39, 0.29) is 24.4 Å². The Bertz CT molecular complexity index is 782. The third-order valence-corrected chi connectivity index (χ3v) is 6.50. The van der Waals surface area contributed by atoms with Crippen molar-refractivity contribution in [3.8, 4) is 0 Å². The lowest BCUT2D eigenvalue weighted by Crippen LogP contribution is -2.63. The number of rotatable bonds is 1. The molecule has 0 unspecified atom stereocenters. The zero-order valence-electron chi connectivity index (χ0n) is 14.0. The van der Waals surface area contributed by atoms with Gasteiger partial charge in [-0.05, 0) is 24.5 Å². The van der Waals surface area contributed by atoms with Crippen LogP contribution in [-0.4, -0.2) is 34.5 Å². The maximum atomic E-state index is 12.5. The molecule has 0 bridgehead atoms. The van der Waals surface area contributed by atoms with Crippen LogP contribution in [0.1, 0.15) is 44.1 Å². The molecule has 4 rings (SSSR count). The lowest BCUT2D eigenvalue weighted by atomic mass is 9.48. The maximum absolute atomic E-state index is 12.5. The fourth-order valence-electron chi connectivity index (χ4n) is 5.51. The summed E-state index contributed by atoms with van der Waals surface area (Å²) >= 11 is 0. The minimum Gasteiger partial charge on any atom is -0.461 e. The molecule has 0 aromatic carbocycles. The Morgan fingerprint density at radius 2 is 2.00 bits per heavy atom. The monoisotopic (exact) mass is 334 g/mol. The molecule has 24 heavy (non-hydrogen) atoms. The topological polar surface area (TPSA) is 97.0 Å². The van der Waals surface area contributed by atoms with E-state index < -0.39 is 28.7 Å². The minimum atomic E-state index is -1.07. The van der Waals surface area contributed by atoms with E-state index in [0.717, 1.165) is 5.56 Å². The van der Waals surface area contributed by atoms with E-state index in [1.54, 1.807) is 6.92 Å². The third kappa shape index (κ3) is 1.68. The van der Waals surface area contributed by atoms with Gasteiger partial charge in [0.25, 0.3) is 0 Å². The molecule has 1 saturated carbocycles. The van der Waals surface area contributed by atoms with Gasteiger partial charge in [-0.25, -0.2) is 4.79 Å². The highest BCUT2D eigenvalue weighted by atomic mass is 16.6. The number of carbonyl (C=O) groups is 1. The van der Waals surface area contributed by atoms with Crippen LogP contribution in [0, 0.1) is 11.3 Å². The van der Waals surface area contributed by atoms with Crippen molar-refractivity contribution in [2.45, 2.75) is 63.8 Å². The minimum absolute atomic E-state index is 0.168. The van der Waals surface area contributed by atoms with Gasteiger partial charge in [0.05, 0.1) is 17.6 Å². The molecule has 3 aliphatic rings. The van der Waals surface area contributed by atoms with Gasteiger partial charge < -0.3 is 19.4 Å². The maximum Gasteiger partial charge on any atom is 0.336 e. The highest BCUT2D eigenvalue weighted by Crippen LogP contribution is 2.61. The Kier molecular flexibility index (Phi) is 3.10. The number of hydrogen-bond donors (Lipinski definition) is 2. The summed E-state index contributed by atoms with van der Waals surface area (Å²) in [5.74, 6) is -0.0520. The molecule has 1 saturated heterocycles. The Hall–Kier alpha value is -1.66. The number of ether oxygens (including phenoxy) is 1. The lowest BCUT2D eigenvalue weighted by Gasteiger charge is -2.55. The molecule has 0 radical (unpaired) electrons. The zero-order chi connectivity index (χ0) is 17.4. The first-order valence-electron chi connectivity index (χ1n) is 8.47. The molecule has 2 fully saturated rings. The van der Waals surface area contributed by atoms with Gasteiger partial charge in [-0.3, -0.25) is 4.79 Å². The molecule has 130 valence electrons. The second kappa shape index (κ2) is 4.70. The predicted molar refractivity (Wildman–Crippen MR) is 83.5 cm³/mol. The molecular weight excluding hydrogens is 312 g/mol. The largest absolute Gasteiger partial charge is 0.461 e. The molecule has 1 aromatic heterocycles. The molecular formula is C18H22O6. The van der Waals surface area contributed by atoms with Gasteiger partial charge in [0, 0.05) is 30.2 Å². The molecule has 2 aliphatic carbocycles. The van der Waals surface area contributed by atoms with Crippen molar-refractivity contribution in [3.05, 3.63) is 33.4 Å². The quantitative estimate of drug-likeness (QED) is 0.734. The van der Waals surface area contributed by atoms with Crippen molar-refractivity contribution in [1.82, 2.24) is 0 Å². The van der Waals surface area contributed by atoms with Crippen molar-refractivity contribution >= 4 is 5.97 Å². The van der Waals surface area contributed by atoms with E-state index in [9.17, 15) is 19.8 Å². The van der Waals surface area contributed by atoms with Gasteiger partial charge in [0.15, 0.2) is 0 Å².